The molecule has 0 radical (unpaired) electrons. The van der Waals surface area contributed by atoms with E-state index in [2.05, 4.69) is 164 Å². The molecule has 52 heavy (non-hydrogen) atoms. The summed E-state index contributed by atoms with van der Waals surface area (Å²) in [4.78, 5) is 0. The molecule has 0 aromatic heterocycles. The molecule has 4 aromatic carbocycles. The first-order chi connectivity index (χ1) is 25.0. The molecule has 6 rings (SSSR count). The van der Waals surface area contributed by atoms with Gasteiger partial charge in [0, 0.05) is 5.41 Å². The van der Waals surface area contributed by atoms with Gasteiger partial charge in [-0.15, -0.1) is 6.58 Å². The maximum atomic E-state index is 3.36. The molecule has 4 aromatic rings. The van der Waals surface area contributed by atoms with Crippen LogP contribution in [0.15, 0.2) is 151 Å². The average Bonchev–Trinajstić information content (AvgIpc) is 3.17. The van der Waals surface area contributed by atoms with E-state index < -0.39 is 0 Å². The van der Waals surface area contributed by atoms with Gasteiger partial charge in [-0.3, -0.25) is 0 Å². The van der Waals surface area contributed by atoms with Crippen LogP contribution in [0.1, 0.15) is 133 Å². The van der Waals surface area contributed by atoms with E-state index in [1.54, 1.807) is 6.08 Å². The van der Waals surface area contributed by atoms with Gasteiger partial charge in [0.15, 0.2) is 0 Å². The summed E-state index contributed by atoms with van der Waals surface area (Å²) in [5, 5.41) is 0. The van der Waals surface area contributed by atoms with Gasteiger partial charge in [0.25, 0.3) is 0 Å². The van der Waals surface area contributed by atoms with Crippen molar-refractivity contribution in [3.63, 3.8) is 0 Å². The van der Waals surface area contributed by atoms with Crippen LogP contribution in [0.4, 0.5) is 0 Å². The van der Waals surface area contributed by atoms with Crippen LogP contribution in [-0.4, -0.2) is 0 Å². The van der Waals surface area contributed by atoms with E-state index in [1.807, 2.05) is 45.9 Å². The van der Waals surface area contributed by atoms with Gasteiger partial charge in [0.05, 0.1) is 0 Å². The summed E-state index contributed by atoms with van der Waals surface area (Å²) in [6, 6.07) is 37.9. The molecule has 1 saturated carbocycles. The number of aryl methyl sites for hydroxylation is 3. The van der Waals surface area contributed by atoms with E-state index in [-0.39, 0.29) is 5.41 Å². The predicted molar refractivity (Wildman–Crippen MR) is 236 cm³/mol. The Morgan fingerprint density at radius 3 is 1.42 bits per heavy atom. The highest BCUT2D eigenvalue weighted by molar-refractivity contribution is 5.42. The molecule has 0 saturated heterocycles. The van der Waals surface area contributed by atoms with Crippen molar-refractivity contribution in [2.75, 3.05) is 0 Å². The largest absolute Gasteiger partial charge is 0.103 e. The topological polar surface area (TPSA) is 0 Å². The van der Waals surface area contributed by atoms with Crippen molar-refractivity contribution in [3.8, 4) is 0 Å². The highest BCUT2D eigenvalue weighted by Crippen LogP contribution is 2.45. The van der Waals surface area contributed by atoms with E-state index in [9.17, 15) is 0 Å². The molecule has 0 bridgehead atoms. The molecule has 0 heterocycles. The maximum Gasteiger partial charge on any atom is 0.0202 e. The van der Waals surface area contributed by atoms with Crippen molar-refractivity contribution in [2.45, 2.75) is 127 Å². The van der Waals surface area contributed by atoms with Gasteiger partial charge in [-0.05, 0) is 109 Å². The molecule has 0 amide bonds. The number of hydrogen-bond donors (Lipinski definition) is 0. The molecule has 2 aliphatic carbocycles. The fraction of sp³-hybridized carbons (Fsp3) is 0.385. The Labute approximate surface area is 321 Å². The van der Waals surface area contributed by atoms with Gasteiger partial charge in [-0.25, -0.2) is 0 Å². The molecule has 0 aliphatic heterocycles. The molecule has 0 nitrogen and oxygen atoms in total. The molecule has 1 unspecified atom stereocenters. The van der Waals surface area contributed by atoms with E-state index in [1.165, 1.54) is 88.6 Å². The van der Waals surface area contributed by atoms with Crippen LogP contribution in [-0.2, 0) is 11.8 Å². The van der Waals surface area contributed by atoms with Crippen LogP contribution in [0.3, 0.4) is 0 Å². The Hall–Kier alpha value is -4.16. The van der Waals surface area contributed by atoms with Crippen LogP contribution in [0, 0.1) is 26.7 Å². The summed E-state index contributed by atoms with van der Waals surface area (Å²) in [6.45, 7) is 26.2. The van der Waals surface area contributed by atoms with E-state index in [0.29, 0.717) is 0 Å². The minimum absolute atomic E-state index is 0.203. The third-order valence-corrected chi connectivity index (χ3v) is 9.36. The molecule has 280 valence electrons. The fourth-order valence-electron chi connectivity index (χ4n) is 6.02. The van der Waals surface area contributed by atoms with Gasteiger partial charge in [0.2, 0.25) is 0 Å². The highest BCUT2D eigenvalue weighted by atomic mass is 14.4. The van der Waals surface area contributed by atoms with E-state index in [0.717, 1.165) is 12.3 Å². The first-order valence-corrected chi connectivity index (χ1v) is 19.8. The lowest BCUT2D eigenvalue weighted by Crippen LogP contribution is -2.30. The van der Waals surface area contributed by atoms with Crippen molar-refractivity contribution in [1.82, 2.24) is 0 Å². The zero-order valence-electron chi connectivity index (χ0n) is 34.9. The zero-order valence-corrected chi connectivity index (χ0v) is 34.9. The maximum absolute atomic E-state index is 3.36. The Kier molecular flexibility index (Phi) is 23.5. The van der Waals surface area contributed by atoms with E-state index in [4.69, 9.17) is 0 Å². The average molecular weight is 697 g/mol. The summed E-state index contributed by atoms with van der Waals surface area (Å²) in [5.74, 6) is 0.763. The molecule has 0 heteroatoms. The lowest BCUT2D eigenvalue weighted by Gasteiger charge is -2.39. The number of hydrogen-bond acceptors (Lipinski definition) is 0. The molecule has 0 N–H and O–H groups in total. The molecule has 2 aliphatic rings. The van der Waals surface area contributed by atoms with E-state index >= 15 is 0 Å². The first kappa shape index (κ1) is 45.9. The van der Waals surface area contributed by atoms with Crippen molar-refractivity contribution in [1.29, 1.82) is 0 Å². The minimum Gasteiger partial charge on any atom is -0.103 e. The standard InChI is InChI=1S/C27H30.C8H12.C7H8.C5H10.C3H6.C2H6/c1-21-6-10-23(11-7-21)20-24-12-16-26(17-13-24)27(18-4-3-5-19-27)25-14-8-22(2)9-15-25;1-7-3-5-8(2)6-4-7;1-7-5-3-2-4-6-7;1-4-5(2)3;1-3-2;1-2/h6-17H,3-5,18-20H2,1-2H3;3-5,8H,6H2,1-2H3;2-6H,1H3;4H,1-3H3;3H,1H2,2H3;1-2H3. The quantitative estimate of drug-likeness (QED) is 0.186. The van der Waals surface area contributed by atoms with Gasteiger partial charge in [-0.1, -0.05) is 201 Å². The number of allylic oxidation sites excluding steroid dienone is 7. The monoisotopic (exact) mass is 697 g/mol. The second-order valence-corrected chi connectivity index (χ2v) is 14.3. The van der Waals surface area contributed by atoms with Gasteiger partial charge in [0.1, 0.15) is 0 Å². The van der Waals surface area contributed by atoms with Crippen molar-refractivity contribution in [3.05, 3.63) is 190 Å². The third-order valence-electron chi connectivity index (χ3n) is 9.36. The Morgan fingerprint density at radius 1 is 0.654 bits per heavy atom. The summed E-state index contributed by atoms with van der Waals surface area (Å²) < 4.78 is 0. The number of benzene rings is 4. The Balaban J connectivity index is 0.000000438. The van der Waals surface area contributed by atoms with Crippen molar-refractivity contribution in [2.24, 2.45) is 5.92 Å². The van der Waals surface area contributed by atoms with Crippen LogP contribution in [0.5, 0.6) is 0 Å². The smallest absolute Gasteiger partial charge is 0.0202 e. The second kappa shape index (κ2) is 26.6. The van der Waals surface area contributed by atoms with Gasteiger partial charge >= 0.3 is 0 Å². The molecular weight excluding hydrogens is 625 g/mol. The van der Waals surface area contributed by atoms with Gasteiger partial charge in [-0.2, -0.15) is 0 Å². The predicted octanol–water partition coefficient (Wildman–Crippen LogP) is 15.9. The Morgan fingerprint density at radius 2 is 1.06 bits per heavy atom. The first-order valence-electron chi connectivity index (χ1n) is 19.8. The minimum atomic E-state index is 0.203. The molecular formula is C52H72. The van der Waals surface area contributed by atoms with Gasteiger partial charge < -0.3 is 0 Å². The van der Waals surface area contributed by atoms with Crippen LogP contribution < -0.4 is 0 Å². The molecule has 0 spiro atoms. The summed E-state index contributed by atoms with van der Waals surface area (Å²) in [5.41, 5.74) is 12.8. The summed E-state index contributed by atoms with van der Waals surface area (Å²) >= 11 is 0. The second-order valence-electron chi connectivity index (χ2n) is 14.3. The SMILES string of the molecule is C=CC.CC.CC1=CCC(C)C=C1.CC=C(C)C.Cc1ccc(Cc2ccc(C3(c4ccc(C)cc4)CCCCC3)cc2)cc1.Cc1ccccc1. The number of rotatable bonds is 4. The molecule has 1 fully saturated rings. The van der Waals surface area contributed by atoms with Crippen LogP contribution in [0.25, 0.3) is 0 Å². The lowest BCUT2D eigenvalue weighted by molar-refractivity contribution is 0.346. The van der Waals surface area contributed by atoms with Crippen molar-refractivity contribution < 1.29 is 0 Å². The summed E-state index contributed by atoms with van der Waals surface area (Å²) in [7, 11) is 0. The zero-order chi connectivity index (χ0) is 38.8. The molecule has 1 atom stereocenters. The highest BCUT2D eigenvalue weighted by Gasteiger charge is 2.35. The third kappa shape index (κ3) is 17.9. The van der Waals surface area contributed by atoms with Crippen LogP contribution >= 0.6 is 0 Å². The fourth-order valence-corrected chi connectivity index (χ4v) is 6.02. The lowest BCUT2D eigenvalue weighted by atomic mass is 9.65. The normalized spacial score (nSPS) is 14.9. The van der Waals surface area contributed by atoms with Crippen LogP contribution in [0.2, 0.25) is 0 Å². The Bertz CT molecular complexity index is 1570. The van der Waals surface area contributed by atoms with Crippen molar-refractivity contribution >= 4 is 0 Å². The summed E-state index contributed by atoms with van der Waals surface area (Å²) in [6.07, 6.45) is 19.4.